The minimum Gasteiger partial charge on any atom is -0.447 e. The molecule has 114 valence electrons. The van der Waals surface area contributed by atoms with Crippen molar-refractivity contribution in [3.05, 3.63) is 35.9 Å². The van der Waals surface area contributed by atoms with Gasteiger partial charge >= 0.3 is 6.09 Å². The van der Waals surface area contributed by atoms with Crippen LogP contribution in [0.3, 0.4) is 0 Å². The maximum absolute atomic E-state index is 11.6. The van der Waals surface area contributed by atoms with Crippen LogP contribution in [-0.4, -0.2) is 24.0 Å². The Morgan fingerprint density at radius 2 is 2.10 bits per heavy atom. The molecule has 0 spiro atoms. The summed E-state index contributed by atoms with van der Waals surface area (Å²) < 4.78 is 5.26. The summed E-state index contributed by atoms with van der Waals surface area (Å²) in [7, 11) is 0. The molecular formula is C17H23NO3. The van der Waals surface area contributed by atoms with Gasteiger partial charge in [0, 0.05) is 6.42 Å². The first-order valence-corrected chi connectivity index (χ1v) is 7.69. The summed E-state index contributed by atoms with van der Waals surface area (Å²) in [6.07, 6.45) is 4.72. The fraction of sp³-hybridized carbons (Fsp3) is 0.529. The van der Waals surface area contributed by atoms with E-state index in [1.807, 2.05) is 25.1 Å². The lowest BCUT2D eigenvalue weighted by molar-refractivity contribution is -0.126. The number of benzene rings is 1. The Balaban J connectivity index is 1.55. The van der Waals surface area contributed by atoms with E-state index in [-0.39, 0.29) is 17.9 Å². The van der Waals surface area contributed by atoms with Crippen molar-refractivity contribution in [2.75, 3.05) is 0 Å². The van der Waals surface area contributed by atoms with Crippen LogP contribution in [0.15, 0.2) is 30.3 Å². The number of amides is 1. The fourth-order valence-corrected chi connectivity index (χ4v) is 2.38. The second-order valence-electron chi connectivity index (χ2n) is 5.65. The Morgan fingerprint density at radius 1 is 1.33 bits per heavy atom. The van der Waals surface area contributed by atoms with Crippen LogP contribution in [0.5, 0.6) is 0 Å². The average Bonchev–Trinajstić information content (AvgIpc) is 2.49. The third-order valence-corrected chi connectivity index (χ3v) is 3.84. The van der Waals surface area contributed by atoms with Crippen molar-refractivity contribution in [3.8, 4) is 0 Å². The predicted octanol–water partition coefficient (Wildman–Crippen LogP) is 3.25. The molecule has 2 atom stereocenters. The van der Waals surface area contributed by atoms with Crippen LogP contribution < -0.4 is 5.32 Å². The van der Waals surface area contributed by atoms with Gasteiger partial charge in [-0.1, -0.05) is 30.3 Å². The molecular weight excluding hydrogens is 266 g/mol. The van der Waals surface area contributed by atoms with Crippen LogP contribution in [-0.2, 0) is 16.0 Å². The van der Waals surface area contributed by atoms with E-state index in [9.17, 15) is 9.59 Å². The van der Waals surface area contributed by atoms with Crippen LogP contribution in [0.25, 0.3) is 0 Å². The van der Waals surface area contributed by atoms with E-state index in [4.69, 9.17) is 4.74 Å². The van der Waals surface area contributed by atoms with Gasteiger partial charge in [-0.3, -0.25) is 4.79 Å². The molecule has 1 N–H and O–H groups in total. The van der Waals surface area contributed by atoms with E-state index in [1.54, 1.807) is 0 Å². The number of ether oxygens (including phenoxy) is 1. The van der Waals surface area contributed by atoms with E-state index in [0.717, 1.165) is 32.1 Å². The highest BCUT2D eigenvalue weighted by Gasteiger charge is 2.30. The van der Waals surface area contributed by atoms with Crippen molar-refractivity contribution < 1.29 is 14.3 Å². The standard InChI is InChI=1S/C17H23NO3/c1-13(21-17(20)18-15-11-12-16(15)19)7-5-6-10-14-8-3-2-4-9-14/h2-4,8-9,13,15H,5-7,10-12H2,1H3,(H,18,20)/t13?,15-/m0/s1. The molecule has 0 saturated heterocycles. The Morgan fingerprint density at radius 3 is 2.71 bits per heavy atom. The highest BCUT2D eigenvalue weighted by Crippen LogP contribution is 2.14. The molecule has 1 unspecified atom stereocenters. The zero-order chi connectivity index (χ0) is 15.1. The average molecular weight is 289 g/mol. The van der Waals surface area contributed by atoms with Gasteiger partial charge in [0.05, 0.1) is 6.04 Å². The Kier molecular flexibility index (Phi) is 5.78. The Bertz CT molecular complexity index is 472. The zero-order valence-corrected chi connectivity index (χ0v) is 12.5. The van der Waals surface area contributed by atoms with E-state index in [1.165, 1.54) is 5.56 Å². The molecule has 4 nitrogen and oxygen atoms in total. The van der Waals surface area contributed by atoms with Gasteiger partial charge in [0.1, 0.15) is 6.10 Å². The van der Waals surface area contributed by atoms with E-state index >= 15 is 0 Å². The second-order valence-corrected chi connectivity index (χ2v) is 5.65. The molecule has 4 heteroatoms. The maximum atomic E-state index is 11.6. The number of nitrogens with one attached hydrogen (secondary N) is 1. The molecule has 0 heterocycles. The van der Waals surface area contributed by atoms with Crippen LogP contribution in [0.2, 0.25) is 0 Å². The molecule has 2 rings (SSSR count). The summed E-state index contributed by atoms with van der Waals surface area (Å²) in [6.45, 7) is 1.89. The number of ketones is 1. The lowest BCUT2D eigenvalue weighted by Gasteiger charge is -2.25. The minimum atomic E-state index is -0.469. The highest BCUT2D eigenvalue weighted by molar-refractivity contribution is 5.92. The highest BCUT2D eigenvalue weighted by atomic mass is 16.6. The number of unbranched alkanes of at least 4 members (excludes halogenated alkanes) is 1. The van der Waals surface area contributed by atoms with Gasteiger partial charge in [0.25, 0.3) is 0 Å². The number of hydrogen-bond acceptors (Lipinski definition) is 3. The van der Waals surface area contributed by atoms with Crippen LogP contribution >= 0.6 is 0 Å². The number of alkyl carbamates (subject to hydrolysis) is 1. The van der Waals surface area contributed by atoms with Crippen molar-refractivity contribution in [3.63, 3.8) is 0 Å². The summed E-state index contributed by atoms with van der Waals surface area (Å²) in [4.78, 5) is 22.7. The van der Waals surface area contributed by atoms with E-state index < -0.39 is 6.09 Å². The topological polar surface area (TPSA) is 55.4 Å². The molecule has 1 saturated carbocycles. The molecule has 21 heavy (non-hydrogen) atoms. The number of rotatable bonds is 7. The Labute approximate surface area is 125 Å². The largest absolute Gasteiger partial charge is 0.447 e. The van der Waals surface area contributed by atoms with E-state index in [0.29, 0.717) is 6.42 Å². The monoisotopic (exact) mass is 289 g/mol. The molecule has 1 fully saturated rings. The molecule has 0 radical (unpaired) electrons. The first kappa shape index (κ1) is 15.5. The Hall–Kier alpha value is -1.84. The van der Waals surface area contributed by atoms with Gasteiger partial charge in [-0.2, -0.15) is 0 Å². The third-order valence-electron chi connectivity index (χ3n) is 3.84. The number of Topliss-reactive ketones (excluding diaryl/α,β-unsaturated/α-hetero) is 1. The van der Waals surface area contributed by atoms with Crippen LogP contribution in [0.4, 0.5) is 4.79 Å². The van der Waals surface area contributed by atoms with Gasteiger partial charge in [-0.25, -0.2) is 4.79 Å². The zero-order valence-electron chi connectivity index (χ0n) is 12.5. The minimum absolute atomic E-state index is 0.0995. The van der Waals surface area contributed by atoms with E-state index in [2.05, 4.69) is 17.4 Å². The normalized spacial score (nSPS) is 18.7. The van der Waals surface area contributed by atoms with Crippen molar-refractivity contribution in [2.45, 2.75) is 57.6 Å². The molecule has 1 aromatic carbocycles. The summed E-state index contributed by atoms with van der Waals surface area (Å²) >= 11 is 0. The lowest BCUT2D eigenvalue weighted by atomic mass is 9.91. The lowest BCUT2D eigenvalue weighted by Crippen LogP contribution is -2.47. The smallest absolute Gasteiger partial charge is 0.407 e. The van der Waals surface area contributed by atoms with Gasteiger partial charge in [-0.05, 0) is 44.6 Å². The number of carbonyl (C=O) groups excluding carboxylic acids is 2. The van der Waals surface area contributed by atoms with Crippen molar-refractivity contribution >= 4 is 11.9 Å². The van der Waals surface area contributed by atoms with Gasteiger partial charge < -0.3 is 10.1 Å². The molecule has 1 aliphatic carbocycles. The van der Waals surface area contributed by atoms with Crippen molar-refractivity contribution in [2.24, 2.45) is 0 Å². The number of hydrogen-bond donors (Lipinski definition) is 1. The molecule has 0 aromatic heterocycles. The summed E-state index contributed by atoms with van der Waals surface area (Å²) in [6, 6.07) is 10.1. The third kappa shape index (κ3) is 5.21. The molecule has 1 aliphatic rings. The summed E-state index contributed by atoms with van der Waals surface area (Å²) in [5.41, 5.74) is 1.34. The fourth-order valence-electron chi connectivity index (χ4n) is 2.38. The maximum Gasteiger partial charge on any atom is 0.407 e. The summed E-state index contributed by atoms with van der Waals surface area (Å²) in [5.74, 6) is 0.0995. The van der Waals surface area contributed by atoms with Crippen LogP contribution in [0, 0.1) is 0 Å². The van der Waals surface area contributed by atoms with Crippen LogP contribution in [0.1, 0.15) is 44.6 Å². The predicted molar refractivity (Wildman–Crippen MR) is 81.1 cm³/mol. The summed E-state index contributed by atoms with van der Waals surface area (Å²) in [5, 5.41) is 2.60. The molecule has 1 aromatic rings. The van der Waals surface area contributed by atoms with Gasteiger partial charge in [0.15, 0.2) is 5.78 Å². The van der Waals surface area contributed by atoms with Crippen molar-refractivity contribution in [1.29, 1.82) is 0 Å². The molecule has 1 amide bonds. The van der Waals surface area contributed by atoms with Gasteiger partial charge in [-0.15, -0.1) is 0 Å². The molecule has 0 bridgehead atoms. The number of carbonyl (C=O) groups is 2. The second kappa shape index (κ2) is 7.81. The SMILES string of the molecule is CC(CCCCc1ccccc1)OC(=O)N[C@H]1CCC1=O. The quantitative estimate of drug-likeness (QED) is 0.784. The molecule has 0 aliphatic heterocycles. The van der Waals surface area contributed by atoms with Gasteiger partial charge in [0.2, 0.25) is 0 Å². The number of aryl methyl sites for hydroxylation is 1. The first-order chi connectivity index (χ1) is 10.1. The van der Waals surface area contributed by atoms with Crippen molar-refractivity contribution in [1.82, 2.24) is 5.32 Å². The first-order valence-electron chi connectivity index (χ1n) is 7.69.